The lowest BCUT2D eigenvalue weighted by Gasteiger charge is -2.32. The molecule has 1 aliphatic rings. The maximum atomic E-state index is 12.5. The molecule has 0 aliphatic carbocycles. The molecule has 0 bridgehead atoms. The van der Waals surface area contributed by atoms with Gasteiger partial charge in [-0.3, -0.25) is 14.5 Å². The van der Waals surface area contributed by atoms with Crippen LogP contribution in [0.1, 0.15) is 27.4 Å². The second-order valence-electron chi connectivity index (χ2n) is 6.72. The summed E-state index contributed by atoms with van der Waals surface area (Å²) >= 11 is 1.52. The van der Waals surface area contributed by atoms with Crippen LogP contribution in [0.5, 0.6) is 0 Å². The summed E-state index contributed by atoms with van der Waals surface area (Å²) in [4.78, 5) is 30.5. The van der Waals surface area contributed by atoms with Crippen LogP contribution in [0, 0.1) is 6.92 Å². The van der Waals surface area contributed by atoms with Crippen LogP contribution < -0.4 is 10.2 Å². The van der Waals surface area contributed by atoms with Gasteiger partial charge in [-0.25, -0.2) is 0 Å². The Morgan fingerprint density at radius 1 is 1.15 bits per heavy atom. The molecule has 0 saturated carbocycles. The van der Waals surface area contributed by atoms with Gasteiger partial charge < -0.3 is 10.2 Å². The number of nitrogens with one attached hydrogen (secondary N) is 1. The summed E-state index contributed by atoms with van der Waals surface area (Å²) in [7, 11) is 1.81. The fourth-order valence-electron chi connectivity index (χ4n) is 3.14. The van der Waals surface area contributed by atoms with Crippen LogP contribution in [0.4, 0.5) is 5.69 Å². The number of carbonyl (C=O) groups excluding carboxylic acids is 2. The Kier molecular flexibility index (Phi) is 6.06. The van der Waals surface area contributed by atoms with Gasteiger partial charge in [-0.1, -0.05) is 18.2 Å². The van der Waals surface area contributed by atoms with E-state index in [1.807, 2.05) is 56.4 Å². The number of para-hydroxylation sites is 1. The molecule has 2 heterocycles. The van der Waals surface area contributed by atoms with Crippen LogP contribution in [0.25, 0.3) is 0 Å². The van der Waals surface area contributed by atoms with Crippen molar-refractivity contribution in [3.63, 3.8) is 0 Å². The summed E-state index contributed by atoms with van der Waals surface area (Å²) < 4.78 is 0. The van der Waals surface area contributed by atoms with E-state index in [9.17, 15) is 9.59 Å². The number of likely N-dealkylation sites (tertiary alicyclic amines) is 1. The Morgan fingerprint density at radius 3 is 2.46 bits per heavy atom. The molecule has 0 atom stereocenters. The number of nitrogens with zero attached hydrogens (tertiary/aromatic N) is 2. The maximum absolute atomic E-state index is 12.5. The smallest absolute Gasteiger partial charge is 0.261 e. The second kappa shape index (κ2) is 8.47. The summed E-state index contributed by atoms with van der Waals surface area (Å²) in [5.41, 5.74) is 0.908. The van der Waals surface area contributed by atoms with Crippen molar-refractivity contribution >= 4 is 28.8 Å². The lowest BCUT2D eigenvalue weighted by Crippen LogP contribution is -2.47. The Balaban J connectivity index is 1.45. The number of rotatable bonds is 5. The molecule has 1 aromatic heterocycles. The van der Waals surface area contributed by atoms with Crippen LogP contribution in [0.2, 0.25) is 0 Å². The number of carbonyl (C=O) groups is 2. The van der Waals surface area contributed by atoms with Crippen molar-refractivity contribution in [1.82, 2.24) is 10.2 Å². The zero-order chi connectivity index (χ0) is 18.5. The Bertz CT molecular complexity index is 751. The van der Waals surface area contributed by atoms with Crippen LogP contribution >= 0.6 is 11.3 Å². The Hall–Kier alpha value is -2.18. The van der Waals surface area contributed by atoms with Gasteiger partial charge in [0, 0.05) is 36.7 Å². The molecule has 2 amide bonds. The van der Waals surface area contributed by atoms with Crippen molar-refractivity contribution in [3.8, 4) is 0 Å². The number of anilines is 1. The molecule has 6 heteroatoms. The Morgan fingerprint density at radius 2 is 1.85 bits per heavy atom. The zero-order valence-electron chi connectivity index (χ0n) is 15.3. The maximum Gasteiger partial charge on any atom is 0.261 e. The lowest BCUT2D eigenvalue weighted by molar-refractivity contribution is -0.119. The number of benzene rings is 1. The molecule has 26 heavy (non-hydrogen) atoms. The molecule has 1 saturated heterocycles. The van der Waals surface area contributed by atoms with Crippen LogP contribution in [0.15, 0.2) is 42.5 Å². The minimum atomic E-state index is 0.0152. The van der Waals surface area contributed by atoms with Crippen LogP contribution in [-0.2, 0) is 4.79 Å². The average Bonchev–Trinajstić information content (AvgIpc) is 3.10. The molecule has 2 aromatic rings. The predicted octanol–water partition coefficient (Wildman–Crippen LogP) is 2.91. The van der Waals surface area contributed by atoms with Gasteiger partial charge in [-0.05, 0) is 44.0 Å². The first-order valence-electron chi connectivity index (χ1n) is 8.94. The predicted molar refractivity (Wildman–Crippen MR) is 106 cm³/mol. The Labute approximate surface area is 158 Å². The van der Waals surface area contributed by atoms with Crippen molar-refractivity contribution in [2.75, 3.05) is 31.6 Å². The molecular formula is C20H25N3O2S. The highest BCUT2D eigenvalue weighted by Gasteiger charge is 2.24. The van der Waals surface area contributed by atoms with Crippen molar-refractivity contribution in [2.24, 2.45) is 0 Å². The van der Waals surface area contributed by atoms with Gasteiger partial charge in [-0.2, -0.15) is 0 Å². The largest absolute Gasteiger partial charge is 0.349 e. The molecule has 138 valence electrons. The molecular weight excluding hydrogens is 346 g/mol. The topological polar surface area (TPSA) is 52.7 Å². The number of hydrogen-bond donors (Lipinski definition) is 1. The zero-order valence-corrected chi connectivity index (χ0v) is 16.1. The highest BCUT2D eigenvalue weighted by Crippen LogP contribution is 2.17. The first-order chi connectivity index (χ1) is 12.5. The van der Waals surface area contributed by atoms with Crippen molar-refractivity contribution in [2.45, 2.75) is 25.8 Å². The number of thiophene rings is 1. The lowest BCUT2D eigenvalue weighted by atomic mass is 10.0. The van der Waals surface area contributed by atoms with E-state index in [4.69, 9.17) is 0 Å². The highest BCUT2D eigenvalue weighted by atomic mass is 32.1. The SMILES string of the molecule is Cc1ccc(C(=O)NC2CCN(CC(=O)N(C)c3ccccc3)CC2)s1. The fourth-order valence-corrected chi connectivity index (χ4v) is 3.91. The van der Waals surface area contributed by atoms with Crippen LogP contribution in [0.3, 0.4) is 0 Å². The fraction of sp³-hybridized carbons (Fsp3) is 0.400. The van der Waals surface area contributed by atoms with Crippen molar-refractivity contribution in [1.29, 1.82) is 0 Å². The number of hydrogen-bond acceptors (Lipinski definition) is 4. The van der Waals surface area contributed by atoms with Gasteiger partial charge in [0.05, 0.1) is 11.4 Å². The minimum absolute atomic E-state index is 0.0152. The third kappa shape index (κ3) is 4.71. The van der Waals surface area contributed by atoms with Gasteiger partial charge in [0.25, 0.3) is 5.91 Å². The van der Waals surface area contributed by atoms with E-state index in [2.05, 4.69) is 10.2 Å². The van der Waals surface area contributed by atoms with E-state index >= 15 is 0 Å². The standard InChI is InChI=1S/C20H25N3O2S/c1-15-8-9-18(26-15)20(25)21-16-10-12-23(13-11-16)14-19(24)22(2)17-6-4-3-5-7-17/h3-9,16H,10-14H2,1-2H3,(H,21,25). The third-order valence-corrected chi connectivity index (χ3v) is 5.76. The summed E-state index contributed by atoms with van der Waals surface area (Å²) in [5, 5.41) is 3.12. The monoisotopic (exact) mass is 371 g/mol. The number of aryl methyl sites for hydroxylation is 1. The van der Waals surface area contributed by atoms with Crippen molar-refractivity contribution in [3.05, 3.63) is 52.2 Å². The van der Waals surface area contributed by atoms with Crippen LogP contribution in [-0.4, -0.2) is 49.4 Å². The molecule has 5 nitrogen and oxygen atoms in total. The van der Waals surface area contributed by atoms with E-state index in [0.29, 0.717) is 6.54 Å². The number of amides is 2. The van der Waals surface area contributed by atoms with E-state index in [1.165, 1.54) is 11.3 Å². The van der Waals surface area contributed by atoms with E-state index in [0.717, 1.165) is 41.4 Å². The average molecular weight is 372 g/mol. The molecule has 0 unspecified atom stereocenters. The van der Waals surface area contributed by atoms with Gasteiger partial charge in [0.1, 0.15) is 0 Å². The second-order valence-corrected chi connectivity index (χ2v) is 8.01. The quantitative estimate of drug-likeness (QED) is 0.879. The first kappa shape index (κ1) is 18.6. The molecule has 1 N–H and O–H groups in total. The summed E-state index contributed by atoms with van der Waals surface area (Å²) in [6.07, 6.45) is 1.75. The summed E-state index contributed by atoms with van der Waals surface area (Å²) in [6, 6.07) is 13.7. The van der Waals surface area contributed by atoms with E-state index < -0.39 is 0 Å². The van der Waals surface area contributed by atoms with Crippen molar-refractivity contribution < 1.29 is 9.59 Å². The first-order valence-corrected chi connectivity index (χ1v) is 9.76. The summed E-state index contributed by atoms with van der Waals surface area (Å²) in [6.45, 7) is 4.06. The number of likely N-dealkylation sites (N-methyl/N-ethyl adjacent to an activating group) is 1. The normalized spacial score (nSPS) is 15.6. The van der Waals surface area contributed by atoms with Gasteiger partial charge >= 0.3 is 0 Å². The minimum Gasteiger partial charge on any atom is -0.349 e. The molecule has 3 rings (SSSR count). The highest BCUT2D eigenvalue weighted by molar-refractivity contribution is 7.13. The number of piperidine rings is 1. The molecule has 0 spiro atoms. The third-order valence-electron chi connectivity index (χ3n) is 4.76. The molecule has 1 aliphatic heterocycles. The van der Waals surface area contributed by atoms with Gasteiger partial charge in [-0.15, -0.1) is 11.3 Å². The summed E-state index contributed by atoms with van der Waals surface area (Å²) in [5.74, 6) is 0.106. The van der Waals surface area contributed by atoms with Gasteiger partial charge in [0.15, 0.2) is 0 Å². The molecule has 1 fully saturated rings. The molecule has 1 aromatic carbocycles. The van der Waals surface area contributed by atoms with E-state index in [-0.39, 0.29) is 17.9 Å². The van der Waals surface area contributed by atoms with E-state index in [1.54, 1.807) is 4.90 Å². The van der Waals surface area contributed by atoms with Gasteiger partial charge in [0.2, 0.25) is 5.91 Å². The molecule has 0 radical (unpaired) electrons.